The summed E-state index contributed by atoms with van der Waals surface area (Å²) in [6.45, 7) is 3.93. The third kappa shape index (κ3) is 4.51. The van der Waals surface area contributed by atoms with E-state index in [0.717, 1.165) is 11.4 Å². The molecule has 0 heterocycles. The second kappa shape index (κ2) is 7.35. The molecule has 0 amide bonds. The van der Waals surface area contributed by atoms with Gasteiger partial charge in [-0.2, -0.15) is 0 Å². The fraction of sp³-hybridized carbons (Fsp3) is 0.143. The highest BCUT2D eigenvalue weighted by Gasteiger charge is 1.88. The maximum atomic E-state index is 4.26. The highest BCUT2D eigenvalue weighted by atomic mass is 14.7. The van der Waals surface area contributed by atoms with E-state index in [1.165, 1.54) is 0 Å². The normalized spacial score (nSPS) is 12.6. The molecular formula is C14H16N2. The summed E-state index contributed by atoms with van der Waals surface area (Å²) in [4.78, 5) is 8.51. The van der Waals surface area contributed by atoms with Gasteiger partial charge in [0.2, 0.25) is 0 Å². The number of nitrogens with zero attached hydrogens (tertiary/aromatic N) is 2. The summed E-state index contributed by atoms with van der Waals surface area (Å²) >= 11 is 0. The van der Waals surface area contributed by atoms with Crippen molar-refractivity contribution in [3.05, 3.63) is 48.6 Å². The fourth-order valence-electron chi connectivity index (χ4n) is 1.06. The molecule has 1 aromatic carbocycles. The highest BCUT2D eigenvalue weighted by molar-refractivity contribution is 5.76. The van der Waals surface area contributed by atoms with Crippen molar-refractivity contribution in [2.24, 2.45) is 9.98 Å². The third-order valence-corrected chi connectivity index (χ3v) is 1.85. The second-order valence-electron chi connectivity index (χ2n) is 3.12. The zero-order valence-corrected chi connectivity index (χ0v) is 9.67. The molecule has 0 aromatic heterocycles. The topological polar surface area (TPSA) is 24.7 Å². The van der Waals surface area contributed by atoms with Crippen LogP contribution in [0.5, 0.6) is 0 Å². The molecule has 0 fully saturated rings. The van der Waals surface area contributed by atoms with Crippen molar-refractivity contribution in [2.45, 2.75) is 13.8 Å². The number of hydrogen-bond acceptors (Lipinski definition) is 2. The van der Waals surface area contributed by atoms with Crippen LogP contribution in [0, 0.1) is 0 Å². The first kappa shape index (κ1) is 12.1. The highest BCUT2D eigenvalue weighted by Crippen LogP contribution is 2.17. The molecule has 82 valence electrons. The fourth-order valence-corrected chi connectivity index (χ4v) is 1.06. The van der Waals surface area contributed by atoms with E-state index in [0.29, 0.717) is 0 Å². The number of allylic oxidation sites excluding steroid dienone is 4. The zero-order chi connectivity index (χ0) is 11.6. The first-order chi connectivity index (χ1) is 7.86. The molecule has 0 unspecified atom stereocenters. The van der Waals surface area contributed by atoms with Gasteiger partial charge in [0.15, 0.2) is 0 Å². The molecule has 0 aliphatic rings. The molecule has 0 N–H and O–H groups in total. The molecule has 0 atom stereocenters. The number of benzene rings is 1. The van der Waals surface area contributed by atoms with Gasteiger partial charge in [-0.05, 0) is 50.3 Å². The van der Waals surface area contributed by atoms with E-state index in [4.69, 9.17) is 0 Å². The van der Waals surface area contributed by atoms with Gasteiger partial charge in [0, 0.05) is 12.4 Å². The summed E-state index contributed by atoms with van der Waals surface area (Å²) in [5, 5.41) is 0. The van der Waals surface area contributed by atoms with Gasteiger partial charge in [0.25, 0.3) is 0 Å². The van der Waals surface area contributed by atoms with E-state index >= 15 is 0 Å². The third-order valence-electron chi connectivity index (χ3n) is 1.85. The van der Waals surface area contributed by atoms with Crippen LogP contribution in [0.3, 0.4) is 0 Å². The zero-order valence-electron chi connectivity index (χ0n) is 9.67. The van der Waals surface area contributed by atoms with Crippen LogP contribution in [0.25, 0.3) is 0 Å². The predicted molar refractivity (Wildman–Crippen MR) is 72.4 cm³/mol. The lowest BCUT2D eigenvalue weighted by Gasteiger charge is -1.94. The van der Waals surface area contributed by atoms with Gasteiger partial charge in [0.1, 0.15) is 0 Å². The molecule has 0 aliphatic heterocycles. The van der Waals surface area contributed by atoms with Crippen LogP contribution in [0.4, 0.5) is 11.4 Å². The summed E-state index contributed by atoms with van der Waals surface area (Å²) in [6, 6.07) is 7.79. The van der Waals surface area contributed by atoms with Crippen LogP contribution >= 0.6 is 0 Å². The average Bonchev–Trinajstić information content (AvgIpc) is 2.32. The Labute approximate surface area is 96.8 Å². The van der Waals surface area contributed by atoms with Crippen LogP contribution in [0.15, 0.2) is 58.6 Å². The summed E-state index contributed by atoms with van der Waals surface area (Å²) in [7, 11) is 0. The number of hydrogen-bond donors (Lipinski definition) is 0. The minimum absolute atomic E-state index is 0.933. The van der Waals surface area contributed by atoms with Crippen LogP contribution in [0.1, 0.15) is 13.8 Å². The van der Waals surface area contributed by atoms with Crippen molar-refractivity contribution < 1.29 is 0 Å². The molecule has 0 saturated heterocycles. The molecule has 0 bridgehead atoms. The Morgan fingerprint density at radius 2 is 1.12 bits per heavy atom. The number of rotatable bonds is 4. The SMILES string of the molecule is C/C=C/C=Nc1ccc(N=C/C=C/C)cc1. The Morgan fingerprint density at radius 3 is 1.44 bits per heavy atom. The molecule has 2 nitrogen and oxygen atoms in total. The van der Waals surface area contributed by atoms with Crippen molar-refractivity contribution in [1.82, 2.24) is 0 Å². The number of aliphatic imine (C=N–C) groups is 2. The summed E-state index contributed by atoms with van der Waals surface area (Å²) in [5.41, 5.74) is 1.87. The molecule has 0 radical (unpaired) electrons. The maximum Gasteiger partial charge on any atom is 0.0631 e. The molecule has 1 aromatic rings. The minimum Gasteiger partial charge on any atom is -0.257 e. The van der Waals surface area contributed by atoms with Crippen LogP contribution < -0.4 is 0 Å². The Bertz CT molecular complexity index is 368. The van der Waals surface area contributed by atoms with Gasteiger partial charge >= 0.3 is 0 Å². The van der Waals surface area contributed by atoms with E-state index in [1.807, 2.05) is 62.4 Å². The van der Waals surface area contributed by atoms with Gasteiger partial charge < -0.3 is 0 Å². The lowest BCUT2D eigenvalue weighted by Crippen LogP contribution is -1.68. The van der Waals surface area contributed by atoms with E-state index in [9.17, 15) is 0 Å². The van der Waals surface area contributed by atoms with E-state index < -0.39 is 0 Å². The maximum absolute atomic E-state index is 4.26. The van der Waals surface area contributed by atoms with Gasteiger partial charge in [-0.15, -0.1) is 0 Å². The summed E-state index contributed by atoms with van der Waals surface area (Å²) in [5.74, 6) is 0. The molecular weight excluding hydrogens is 196 g/mol. The van der Waals surface area contributed by atoms with Crippen molar-refractivity contribution >= 4 is 23.8 Å². The van der Waals surface area contributed by atoms with Crippen molar-refractivity contribution in [3.8, 4) is 0 Å². The van der Waals surface area contributed by atoms with Crippen LogP contribution in [0.2, 0.25) is 0 Å². The van der Waals surface area contributed by atoms with E-state index in [-0.39, 0.29) is 0 Å². The monoisotopic (exact) mass is 212 g/mol. The minimum atomic E-state index is 0.933. The molecule has 0 aliphatic carbocycles. The van der Waals surface area contributed by atoms with E-state index in [2.05, 4.69) is 9.98 Å². The van der Waals surface area contributed by atoms with Gasteiger partial charge in [-0.1, -0.05) is 12.2 Å². The van der Waals surface area contributed by atoms with Gasteiger partial charge in [0.05, 0.1) is 11.4 Å². The largest absolute Gasteiger partial charge is 0.257 e. The van der Waals surface area contributed by atoms with Crippen LogP contribution in [-0.2, 0) is 0 Å². The van der Waals surface area contributed by atoms with Crippen molar-refractivity contribution in [2.75, 3.05) is 0 Å². The van der Waals surface area contributed by atoms with Crippen LogP contribution in [-0.4, -0.2) is 12.4 Å². The Hall–Kier alpha value is -1.96. The second-order valence-corrected chi connectivity index (χ2v) is 3.12. The molecule has 0 saturated carbocycles. The Balaban J connectivity index is 2.67. The van der Waals surface area contributed by atoms with Gasteiger partial charge in [-0.3, -0.25) is 9.98 Å². The lowest BCUT2D eigenvalue weighted by atomic mass is 10.3. The Kier molecular flexibility index (Phi) is 5.56. The van der Waals surface area contributed by atoms with Gasteiger partial charge in [-0.25, -0.2) is 0 Å². The predicted octanol–water partition coefficient (Wildman–Crippen LogP) is 4.24. The summed E-state index contributed by atoms with van der Waals surface area (Å²) < 4.78 is 0. The standard InChI is InChI=1S/C14H16N2/c1-3-5-11-15-13-7-9-14(10-8-13)16-12-6-4-2/h3-12H,1-2H3/b5-3+,6-4+,15-11?,16-12?. The molecule has 16 heavy (non-hydrogen) atoms. The van der Waals surface area contributed by atoms with E-state index in [1.54, 1.807) is 12.4 Å². The van der Waals surface area contributed by atoms with Crippen molar-refractivity contribution in [3.63, 3.8) is 0 Å². The smallest absolute Gasteiger partial charge is 0.0631 e. The molecule has 0 spiro atoms. The molecule has 1 rings (SSSR count). The Morgan fingerprint density at radius 1 is 0.750 bits per heavy atom. The lowest BCUT2D eigenvalue weighted by molar-refractivity contribution is 1.49. The summed E-state index contributed by atoms with van der Waals surface area (Å²) in [6.07, 6.45) is 11.2. The quantitative estimate of drug-likeness (QED) is 0.667. The first-order valence-corrected chi connectivity index (χ1v) is 5.27. The average molecular weight is 212 g/mol. The van der Waals surface area contributed by atoms with Crippen molar-refractivity contribution in [1.29, 1.82) is 0 Å². The first-order valence-electron chi connectivity index (χ1n) is 5.27. The molecule has 2 heteroatoms.